The summed E-state index contributed by atoms with van der Waals surface area (Å²) in [7, 11) is 0. The Morgan fingerprint density at radius 3 is 2.47 bits per heavy atom. The summed E-state index contributed by atoms with van der Waals surface area (Å²) in [6, 6.07) is 11.9. The van der Waals surface area contributed by atoms with Crippen LogP contribution in [0.4, 0.5) is 4.39 Å². The molecule has 0 bridgehead atoms. The Hall–Kier alpha value is -1.13. The van der Waals surface area contributed by atoms with Crippen LogP contribution in [0.3, 0.4) is 0 Å². The molecule has 0 heterocycles. The van der Waals surface area contributed by atoms with Gasteiger partial charge in [0, 0.05) is 5.02 Å². The van der Waals surface area contributed by atoms with Crippen molar-refractivity contribution in [2.45, 2.75) is 12.5 Å². The molecule has 1 atom stereocenters. The number of hydrazine groups is 1. The molecule has 0 aliphatic carbocycles. The summed E-state index contributed by atoms with van der Waals surface area (Å²) >= 11 is 11.9. The van der Waals surface area contributed by atoms with Crippen LogP contribution in [0, 0.1) is 5.82 Å². The maximum Gasteiger partial charge on any atom is 0.141 e. The fourth-order valence-electron chi connectivity index (χ4n) is 1.92. The second-order valence-corrected chi connectivity index (χ2v) is 5.01. The molecule has 19 heavy (non-hydrogen) atoms. The van der Waals surface area contributed by atoms with E-state index in [1.54, 1.807) is 18.2 Å². The molecule has 0 fully saturated rings. The van der Waals surface area contributed by atoms with Gasteiger partial charge in [0.25, 0.3) is 0 Å². The molecule has 0 radical (unpaired) electrons. The lowest BCUT2D eigenvalue weighted by atomic mass is 9.99. The molecular weight excluding hydrogens is 286 g/mol. The molecule has 0 saturated carbocycles. The number of hydrogen-bond donors (Lipinski definition) is 2. The summed E-state index contributed by atoms with van der Waals surface area (Å²) in [5, 5.41) is 0.742. The van der Waals surface area contributed by atoms with Crippen LogP contribution < -0.4 is 11.3 Å². The normalized spacial score (nSPS) is 12.4. The molecule has 2 rings (SSSR count). The lowest BCUT2D eigenvalue weighted by Crippen LogP contribution is -2.29. The maximum atomic E-state index is 13.1. The fourth-order valence-corrected chi connectivity index (χ4v) is 2.39. The highest BCUT2D eigenvalue weighted by Gasteiger charge is 2.14. The van der Waals surface area contributed by atoms with Gasteiger partial charge in [0.05, 0.1) is 11.1 Å². The number of hydrogen-bond acceptors (Lipinski definition) is 2. The predicted octanol–water partition coefficient (Wildman–Crippen LogP) is 3.88. The van der Waals surface area contributed by atoms with E-state index >= 15 is 0 Å². The average molecular weight is 299 g/mol. The van der Waals surface area contributed by atoms with Gasteiger partial charge in [-0.1, -0.05) is 47.5 Å². The van der Waals surface area contributed by atoms with Crippen molar-refractivity contribution in [1.82, 2.24) is 5.43 Å². The molecule has 0 aliphatic heterocycles. The van der Waals surface area contributed by atoms with Crippen molar-refractivity contribution in [1.29, 1.82) is 0 Å². The van der Waals surface area contributed by atoms with E-state index in [1.807, 2.05) is 18.2 Å². The number of nitrogens with one attached hydrogen (secondary N) is 1. The molecule has 3 N–H and O–H groups in total. The zero-order chi connectivity index (χ0) is 13.8. The summed E-state index contributed by atoms with van der Waals surface area (Å²) in [5.74, 6) is 5.14. The summed E-state index contributed by atoms with van der Waals surface area (Å²) in [6.45, 7) is 0. The minimum Gasteiger partial charge on any atom is -0.271 e. The van der Waals surface area contributed by atoms with Crippen LogP contribution in [0.1, 0.15) is 17.2 Å². The fraction of sp³-hybridized carbons (Fsp3) is 0.143. The van der Waals surface area contributed by atoms with Crippen molar-refractivity contribution in [3.05, 3.63) is 69.5 Å². The standard InChI is InChI=1S/C14H13Cl2FN2/c15-11-4-2-1-3-10(11)14(19-18)8-9-5-6-13(17)12(16)7-9/h1-7,14,19H,8,18H2. The minimum atomic E-state index is -0.430. The summed E-state index contributed by atoms with van der Waals surface area (Å²) in [4.78, 5) is 0. The maximum absolute atomic E-state index is 13.1. The van der Waals surface area contributed by atoms with Gasteiger partial charge in [-0.2, -0.15) is 0 Å². The van der Waals surface area contributed by atoms with E-state index in [9.17, 15) is 4.39 Å². The molecule has 5 heteroatoms. The SMILES string of the molecule is NNC(Cc1ccc(F)c(Cl)c1)c1ccccc1Cl. The topological polar surface area (TPSA) is 38.0 Å². The lowest BCUT2D eigenvalue weighted by Gasteiger charge is -2.18. The largest absolute Gasteiger partial charge is 0.271 e. The third-order valence-corrected chi connectivity index (χ3v) is 3.54. The van der Waals surface area contributed by atoms with Gasteiger partial charge >= 0.3 is 0 Å². The molecule has 0 aliphatic rings. The molecule has 0 aromatic heterocycles. The van der Waals surface area contributed by atoms with E-state index in [4.69, 9.17) is 29.0 Å². The van der Waals surface area contributed by atoms with E-state index < -0.39 is 5.82 Å². The summed E-state index contributed by atoms with van der Waals surface area (Å²) in [6.07, 6.45) is 0.570. The Morgan fingerprint density at radius 1 is 1.11 bits per heavy atom. The van der Waals surface area contributed by atoms with Crippen molar-refractivity contribution in [2.75, 3.05) is 0 Å². The van der Waals surface area contributed by atoms with Crippen molar-refractivity contribution >= 4 is 23.2 Å². The molecule has 0 saturated heterocycles. The van der Waals surface area contributed by atoms with E-state index in [1.165, 1.54) is 6.07 Å². The van der Waals surface area contributed by atoms with Gasteiger partial charge in [-0.05, 0) is 35.7 Å². The quantitative estimate of drug-likeness (QED) is 0.664. The van der Waals surface area contributed by atoms with Gasteiger partial charge < -0.3 is 0 Å². The summed E-state index contributed by atoms with van der Waals surface area (Å²) < 4.78 is 13.1. The van der Waals surface area contributed by atoms with Crippen LogP contribution in [0.2, 0.25) is 10.0 Å². The zero-order valence-corrected chi connectivity index (χ0v) is 11.5. The first-order valence-electron chi connectivity index (χ1n) is 5.76. The average Bonchev–Trinajstić information content (AvgIpc) is 2.41. The monoisotopic (exact) mass is 298 g/mol. The first-order valence-corrected chi connectivity index (χ1v) is 6.52. The van der Waals surface area contributed by atoms with Crippen LogP contribution in [0.5, 0.6) is 0 Å². The van der Waals surface area contributed by atoms with E-state index in [0.29, 0.717) is 11.4 Å². The highest BCUT2D eigenvalue weighted by atomic mass is 35.5. The second kappa shape index (κ2) is 6.35. The van der Waals surface area contributed by atoms with Crippen LogP contribution >= 0.6 is 23.2 Å². The Labute approximate surface area is 121 Å². The van der Waals surface area contributed by atoms with Crippen molar-refractivity contribution in [2.24, 2.45) is 5.84 Å². The van der Waals surface area contributed by atoms with Gasteiger partial charge in [-0.3, -0.25) is 11.3 Å². The molecule has 100 valence electrons. The number of benzene rings is 2. The zero-order valence-electron chi connectivity index (χ0n) is 10.0. The third-order valence-electron chi connectivity index (χ3n) is 2.91. The van der Waals surface area contributed by atoms with Crippen LogP contribution in [0.25, 0.3) is 0 Å². The minimum absolute atomic E-state index is 0.104. The Balaban J connectivity index is 2.24. The number of rotatable bonds is 4. The number of nitrogens with two attached hydrogens (primary N) is 1. The van der Waals surface area contributed by atoms with Crippen LogP contribution in [-0.4, -0.2) is 0 Å². The highest BCUT2D eigenvalue weighted by molar-refractivity contribution is 6.31. The first-order chi connectivity index (χ1) is 9.11. The Morgan fingerprint density at radius 2 is 1.84 bits per heavy atom. The van der Waals surface area contributed by atoms with Crippen LogP contribution in [-0.2, 0) is 6.42 Å². The molecule has 0 spiro atoms. The second-order valence-electron chi connectivity index (χ2n) is 4.19. The van der Waals surface area contributed by atoms with Gasteiger partial charge in [-0.25, -0.2) is 4.39 Å². The molecule has 0 amide bonds. The van der Waals surface area contributed by atoms with Gasteiger partial charge in [0.1, 0.15) is 5.82 Å². The van der Waals surface area contributed by atoms with Crippen molar-refractivity contribution in [3.63, 3.8) is 0 Å². The molecular formula is C14H13Cl2FN2. The molecule has 1 unspecified atom stereocenters. The first kappa shape index (κ1) is 14.3. The number of halogens is 3. The lowest BCUT2D eigenvalue weighted by molar-refractivity contribution is 0.551. The predicted molar refractivity (Wildman–Crippen MR) is 76.6 cm³/mol. The van der Waals surface area contributed by atoms with E-state index in [2.05, 4.69) is 5.43 Å². The molecule has 2 nitrogen and oxygen atoms in total. The van der Waals surface area contributed by atoms with Gasteiger partial charge in [0.15, 0.2) is 0 Å². The van der Waals surface area contributed by atoms with Gasteiger partial charge in [-0.15, -0.1) is 0 Å². The molecule has 2 aromatic rings. The Bertz CT molecular complexity index is 575. The van der Waals surface area contributed by atoms with Gasteiger partial charge in [0.2, 0.25) is 0 Å². The summed E-state index contributed by atoms with van der Waals surface area (Å²) in [5.41, 5.74) is 4.50. The van der Waals surface area contributed by atoms with Crippen molar-refractivity contribution < 1.29 is 4.39 Å². The smallest absolute Gasteiger partial charge is 0.141 e. The van der Waals surface area contributed by atoms with E-state index in [-0.39, 0.29) is 11.1 Å². The van der Waals surface area contributed by atoms with Crippen LogP contribution in [0.15, 0.2) is 42.5 Å². The third kappa shape index (κ3) is 3.45. The van der Waals surface area contributed by atoms with Crippen molar-refractivity contribution in [3.8, 4) is 0 Å². The molecule has 2 aromatic carbocycles. The Kier molecular flexibility index (Phi) is 4.77. The highest BCUT2D eigenvalue weighted by Crippen LogP contribution is 2.26. The van der Waals surface area contributed by atoms with E-state index in [0.717, 1.165) is 11.1 Å².